The van der Waals surface area contributed by atoms with E-state index in [2.05, 4.69) is 34.5 Å². The first kappa shape index (κ1) is 19.9. The van der Waals surface area contributed by atoms with E-state index < -0.39 is 0 Å². The molecule has 1 aliphatic heterocycles. The van der Waals surface area contributed by atoms with Crippen LogP contribution in [0, 0.1) is 0 Å². The Hall–Kier alpha value is -2.82. The molecule has 2 aromatic rings. The maximum Gasteiger partial charge on any atom is 0.227 e. The monoisotopic (exact) mass is 379 g/mol. The van der Waals surface area contributed by atoms with Crippen molar-refractivity contribution in [2.45, 2.75) is 39.2 Å². The largest absolute Gasteiger partial charge is 0.372 e. The van der Waals surface area contributed by atoms with Gasteiger partial charge in [0.25, 0.3) is 0 Å². The summed E-state index contributed by atoms with van der Waals surface area (Å²) in [6.45, 7) is 4.35. The van der Waals surface area contributed by atoms with E-state index in [1.165, 1.54) is 31.9 Å². The number of carbonyl (C=O) groups is 2. The minimum absolute atomic E-state index is 0.0763. The molecule has 2 amide bonds. The van der Waals surface area contributed by atoms with Gasteiger partial charge in [0.2, 0.25) is 11.8 Å². The molecule has 0 atom stereocenters. The standard InChI is InChI=1S/C23H29N3O2/c1-18(27)24-21-10-6-19(7-11-21)16-23(28)25(2)17-20-8-12-22(13-9-20)26-14-4-3-5-15-26/h6-13H,3-5,14-17H2,1-2H3,(H,24,27). The molecule has 1 heterocycles. The number of carbonyl (C=O) groups excluding carboxylic acids is 2. The van der Waals surface area contributed by atoms with E-state index in [-0.39, 0.29) is 11.8 Å². The zero-order valence-corrected chi connectivity index (χ0v) is 16.8. The summed E-state index contributed by atoms with van der Waals surface area (Å²) in [5.74, 6) is -0.0257. The number of benzene rings is 2. The van der Waals surface area contributed by atoms with Crippen molar-refractivity contribution in [3.05, 3.63) is 59.7 Å². The van der Waals surface area contributed by atoms with E-state index in [1.807, 2.05) is 31.3 Å². The molecule has 0 unspecified atom stereocenters. The second-order valence-corrected chi connectivity index (χ2v) is 7.52. The lowest BCUT2D eigenvalue weighted by atomic mass is 10.1. The van der Waals surface area contributed by atoms with Crippen LogP contribution in [-0.4, -0.2) is 36.9 Å². The van der Waals surface area contributed by atoms with Crippen LogP contribution in [0.15, 0.2) is 48.5 Å². The molecule has 28 heavy (non-hydrogen) atoms. The van der Waals surface area contributed by atoms with Gasteiger partial charge in [0.1, 0.15) is 0 Å². The van der Waals surface area contributed by atoms with Crippen LogP contribution in [-0.2, 0) is 22.6 Å². The minimum atomic E-state index is -0.102. The smallest absolute Gasteiger partial charge is 0.227 e. The Labute approximate surface area is 167 Å². The molecule has 5 nitrogen and oxygen atoms in total. The lowest BCUT2D eigenvalue weighted by Gasteiger charge is -2.29. The molecule has 5 heteroatoms. The van der Waals surface area contributed by atoms with Crippen molar-refractivity contribution in [2.24, 2.45) is 0 Å². The van der Waals surface area contributed by atoms with Crippen LogP contribution < -0.4 is 10.2 Å². The third-order valence-electron chi connectivity index (χ3n) is 5.13. The number of amides is 2. The third-order valence-corrected chi connectivity index (χ3v) is 5.13. The average molecular weight is 380 g/mol. The zero-order chi connectivity index (χ0) is 19.9. The van der Waals surface area contributed by atoms with Gasteiger partial charge in [-0.3, -0.25) is 9.59 Å². The molecule has 1 aliphatic rings. The highest BCUT2D eigenvalue weighted by atomic mass is 16.2. The van der Waals surface area contributed by atoms with Crippen LogP contribution in [0.3, 0.4) is 0 Å². The molecule has 3 rings (SSSR count). The van der Waals surface area contributed by atoms with Gasteiger partial charge in [0, 0.05) is 45.0 Å². The lowest BCUT2D eigenvalue weighted by molar-refractivity contribution is -0.129. The SMILES string of the molecule is CC(=O)Nc1ccc(CC(=O)N(C)Cc2ccc(N3CCCCC3)cc2)cc1. The minimum Gasteiger partial charge on any atom is -0.372 e. The molecule has 2 aromatic carbocycles. The topological polar surface area (TPSA) is 52.7 Å². The number of nitrogens with one attached hydrogen (secondary N) is 1. The van der Waals surface area contributed by atoms with Gasteiger partial charge in [-0.25, -0.2) is 0 Å². The molecule has 148 valence electrons. The normalized spacial score (nSPS) is 13.9. The number of hydrogen-bond donors (Lipinski definition) is 1. The van der Waals surface area contributed by atoms with E-state index in [0.29, 0.717) is 13.0 Å². The van der Waals surface area contributed by atoms with Crippen LogP contribution >= 0.6 is 0 Å². The van der Waals surface area contributed by atoms with Gasteiger partial charge in [0.15, 0.2) is 0 Å². The highest BCUT2D eigenvalue weighted by Gasteiger charge is 2.13. The summed E-state index contributed by atoms with van der Waals surface area (Å²) in [6, 6.07) is 16.0. The van der Waals surface area contributed by atoms with E-state index >= 15 is 0 Å². The van der Waals surface area contributed by atoms with E-state index in [1.54, 1.807) is 4.90 Å². The molecule has 1 saturated heterocycles. The maximum absolute atomic E-state index is 12.5. The predicted octanol–water partition coefficient (Wildman–Crippen LogP) is 3.84. The number of piperidine rings is 1. The lowest BCUT2D eigenvalue weighted by Crippen LogP contribution is -2.29. The maximum atomic E-state index is 12.5. The zero-order valence-electron chi connectivity index (χ0n) is 16.8. The van der Waals surface area contributed by atoms with Gasteiger partial charge in [-0.15, -0.1) is 0 Å². The number of likely N-dealkylation sites (N-methyl/N-ethyl adjacent to an activating group) is 1. The molecular formula is C23H29N3O2. The fourth-order valence-electron chi connectivity index (χ4n) is 3.55. The summed E-state index contributed by atoms with van der Waals surface area (Å²) in [5.41, 5.74) is 4.09. The van der Waals surface area contributed by atoms with Crippen LogP contribution in [0.25, 0.3) is 0 Å². The summed E-state index contributed by atoms with van der Waals surface area (Å²) < 4.78 is 0. The van der Waals surface area contributed by atoms with Crippen molar-refractivity contribution in [2.75, 3.05) is 30.4 Å². The van der Waals surface area contributed by atoms with Gasteiger partial charge in [-0.2, -0.15) is 0 Å². The van der Waals surface area contributed by atoms with E-state index in [0.717, 1.165) is 29.9 Å². The molecule has 0 aromatic heterocycles. The molecule has 1 N–H and O–H groups in total. The summed E-state index contributed by atoms with van der Waals surface area (Å²) in [4.78, 5) is 27.8. The number of anilines is 2. The van der Waals surface area contributed by atoms with Crippen molar-refractivity contribution < 1.29 is 9.59 Å². The van der Waals surface area contributed by atoms with Crippen LogP contribution in [0.4, 0.5) is 11.4 Å². The van der Waals surface area contributed by atoms with Crippen molar-refractivity contribution in [3.63, 3.8) is 0 Å². The first-order valence-electron chi connectivity index (χ1n) is 9.95. The van der Waals surface area contributed by atoms with Gasteiger partial charge >= 0.3 is 0 Å². The van der Waals surface area contributed by atoms with Gasteiger partial charge in [-0.05, 0) is 54.7 Å². The Morgan fingerprint density at radius 1 is 0.929 bits per heavy atom. The molecule has 0 radical (unpaired) electrons. The van der Waals surface area contributed by atoms with Crippen molar-refractivity contribution in [1.29, 1.82) is 0 Å². The first-order valence-corrected chi connectivity index (χ1v) is 9.95. The Morgan fingerprint density at radius 2 is 1.54 bits per heavy atom. The molecule has 0 saturated carbocycles. The third kappa shape index (κ3) is 5.59. The Morgan fingerprint density at radius 3 is 2.14 bits per heavy atom. The number of hydrogen-bond acceptors (Lipinski definition) is 3. The highest BCUT2D eigenvalue weighted by Crippen LogP contribution is 2.20. The van der Waals surface area contributed by atoms with Crippen molar-refractivity contribution >= 4 is 23.2 Å². The van der Waals surface area contributed by atoms with Gasteiger partial charge < -0.3 is 15.1 Å². The fraction of sp³-hybridized carbons (Fsp3) is 0.391. The van der Waals surface area contributed by atoms with E-state index in [9.17, 15) is 9.59 Å². The predicted molar refractivity (Wildman–Crippen MR) is 113 cm³/mol. The first-order chi connectivity index (χ1) is 13.5. The van der Waals surface area contributed by atoms with Crippen LogP contribution in [0.5, 0.6) is 0 Å². The van der Waals surface area contributed by atoms with E-state index in [4.69, 9.17) is 0 Å². The Kier molecular flexibility index (Phi) is 6.69. The van der Waals surface area contributed by atoms with Gasteiger partial charge in [-0.1, -0.05) is 24.3 Å². The van der Waals surface area contributed by atoms with Crippen LogP contribution in [0.2, 0.25) is 0 Å². The number of rotatable bonds is 6. The van der Waals surface area contributed by atoms with Crippen molar-refractivity contribution in [3.8, 4) is 0 Å². The average Bonchev–Trinajstić information content (AvgIpc) is 2.70. The summed E-state index contributed by atoms with van der Waals surface area (Å²) in [7, 11) is 1.84. The Balaban J connectivity index is 1.52. The molecule has 0 bridgehead atoms. The molecule has 1 fully saturated rings. The second kappa shape index (κ2) is 9.40. The quantitative estimate of drug-likeness (QED) is 0.830. The van der Waals surface area contributed by atoms with Crippen LogP contribution in [0.1, 0.15) is 37.3 Å². The summed E-state index contributed by atoms with van der Waals surface area (Å²) in [5, 5.41) is 2.73. The number of nitrogens with zero attached hydrogens (tertiary/aromatic N) is 2. The molecule has 0 aliphatic carbocycles. The summed E-state index contributed by atoms with van der Waals surface area (Å²) >= 11 is 0. The highest BCUT2D eigenvalue weighted by molar-refractivity contribution is 5.88. The second-order valence-electron chi connectivity index (χ2n) is 7.52. The fourth-order valence-corrected chi connectivity index (χ4v) is 3.55. The molecular weight excluding hydrogens is 350 g/mol. The summed E-state index contributed by atoms with van der Waals surface area (Å²) in [6.07, 6.45) is 4.22. The Bertz CT molecular complexity index is 794. The molecule has 0 spiro atoms. The van der Waals surface area contributed by atoms with Gasteiger partial charge in [0.05, 0.1) is 6.42 Å². The van der Waals surface area contributed by atoms with Crippen molar-refractivity contribution in [1.82, 2.24) is 4.90 Å².